The zero-order valence-corrected chi connectivity index (χ0v) is 7.88. The van der Waals surface area contributed by atoms with Crippen LogP contribution in [0.25, 0.3) is 0 Å². The number of nitrogens with zero attached hydrogens (tertiary/aromatic N) is 1. The van der Waals surface area contributed by atoms with E-state index in [0.29, 0.717) is 16.5 Å². The van der Waals surface area contributed by atoms with E-state index in [-0.39, 0.29) is 6.10 Å². The van der Waals surface area contributed by atoms with Gasteiger partial charge in [0.05, 0.1) is 0 Å². The topological polar surface area (TPSA) is 47.6 Å². The van der Waals surface area contributed by atoms with Crippen molar-refractivity contribution in [1.82, 2.24) is 0 Å². The number of fused-ring (bicyclic) bond motifs is 1. The molecule has 2 N–H and O–H groups in total. The minimum absolute atomic E-state index is 0.159. The first-order chi connectivity index (χ1) is 6.16. The second kappa shape index (κ2) is 2.92. The van der Waals surface area contributed by atoms with Crippen LogP contribution in [0.3, 0.4) is 0 Å². The molecule has 1 aliphatic rings. The molecule has 0 bridgehead atoms. The molecule has 0 fully saturated rings. The molecule has 0 radical (unpaired) electrons. The van der Waals surface area contributed by atoms with Crippen molar-refractivity contribution < 1.29 is 4.74 Å². The van der Waals surface area contributed by atoms with E-state index in [0.717, 1.165) is 5.75 Å². The first-order valence-electron chi connectivity index (χ1n) is 3.97. The summed E-state index contributed by atoms with van der Waals surface area (Å²) >= 11 is 5.80. The van der Waals surface area contributed by atoms with Gasteiger partial charge in [-0.15, -0.1) is 0 Å². The van der Waals surface area contributed by atoms with E-state index >= 15 is 0 Å². The molecule has 1 aliphatic heterocycles. The highest BCUT2D eigenvalue weighted by Gasteiger charge is 2.17. The third-order valence-electron chi connectivity index (χ3n) is 1.89. The molecule has 0 unspecified atom stereocenters. The van der Waals surface area contributed by atoms with Crippen LogP contribution in [0.4, 0.5) is 5.69 Å². The fourth-order valence-corrected chi connectivity index (χ4v) is 1.32. The Kier molecular flexibility index (Phi) is 1.88. The van der Waals surface area contributed by atoms with E-state index in [1.165, 1.54) is 0 Å². The van der Waals surface area contributed by atoms with Gasteiger partial charge in [-0.2, -0.15) is 0 Å². The van der Waals surface area contributed by atoms with Gasteiger partial charge in [-0.3, -0.25) is 0 Å². The fourth-order valence-electron chi connectivity index (χ4n) is 1.16. The molecular weight excluding hydrogens is 188 g/mol. The largest absolute Gasteiger partial charge is 0.481 e. The van der Waals surface area contributed by atoms with Crippen molar-refractivity contribution in [2.75, 3.05) is 0 Å². The van der Waals surface area contributed by atoms with Crippen LogP contribution in [0.1, 0.15) is 6.92 Å². The van der Waals surface area contributed by atoms with Crippen LogP contribution >= 0.6 is 11.6 Å². The number of nitrogens with two attached hydrogens (primary N) is 1. The maximum absolute atomic E-state index is 5.80. The van der Waals surface area contributed by atoms with Crippen molar-refractivity contribution in [3.8, 4) is 5.75 Å². The monoisotopic (exact) mass is 196 g/mol. The molecule has 0 aromatic heterocycles. The second-order valence-corrected chi connectivity index (χ2v) is 3.35. The Hall–Kier alpha value is -1.22. The molecule has 1 aromatic carbocycles. The van der Waals surface area contributed by atoms with E-state index in [2.05, 4.69) is 4.99 Å². The normalized spacial score (nSPS) is 20.2. The van der Waals surface area contributed by atoms with Gasteiger partial charge in [0.1, 0.15) is 17.3 Å². The summed E-state index contributed by atoms with van der Waals surface area (Å²) in [7, 11) is 0. The molecule has 0 spiro atoms. The number of aliphatic imine (C=N–C) groups is 1. The Balaban J connectivity index is 2.51. The molecule has 3 nitrogen and oxygen atoms in total. The molecule has 1 atom stereocenters. The number of benzene rings is 1. The van der Waals surface area contributed by atoms with Gasteiger partial charge in [-0.05, 0) is 25.1 Å². The van der Waals surface area contributed by atoms with Gasteiger partial charge in [0, 0.05) is 5.02 Å². The maximum Gasteiger partial charge on any atom is 0.153 e. The minimum Gasteiger partial charge on any atom is -0.481 e. The van der Waals surface area contributed by atoms with Gasteiger partial charge >= 0.3 is 0 Å². The average molecular weight is 197 g/mol. The van der Waals surface area contributed by atoms with Gasteiger partial charge < -0.3 is 10.5 Å². The van der Waals surface area contributed by atoms with Crippen molar-refractivity contribution >= 4 is 23.1 Å². The SMILES string of the molecule is C[C@@H]1Oc2ccc(Cl)cc2N=C1N. The summed E-state index contributed by atoms with van der Waals surface area (Å²) in [4.78, 5) is 4.17. The summed E-state index contributed by atoms with van der Waals surface area (Å²) in [5.74, 6) is 1.21. The number of ether oxygens (including phenoxy) is 1. The van der Waals surface area contributed by atoms with Gasteiger partial charge in [-0.1, -0.05) is 11.6 Å². The Morgan fingerprint density at radius 3 is 3.08 bits per heavy atom. The second-order valence-electron chi connectivity index (χ2n) is 2.91. The summed E-state index contributed by atoms with van der Waals surface area (Å²) in [5.41, 5.74) is 6.32. The number of rotatable bonds is 0. The van der Waals surface area contributed by atoms with Crippen LogP contribution in [-0.4, -0.2) is 11.9 Å². The highest BCUT2D eigenvalue weighted by Crippen LogP contribution is 2.33. The predicted molar refractivity (Wildman–Crippen MR) is 52.8 cm³/mol. The maximum atomic E-state index is 5.80. The number of hydrogen-bond acceptors (Lipinski definition) is 3. The molecule has 0 saturated heterocycles. The van der Waals surface area contributed by atoms with Gasteiger partial charge in [-0.25, -0.2) is 4.99 Å². The zero-order chi connectivity index (χ0) is 9.42. The molecule has 1 aromatic rings. The zero-order valence-electron chi connectivity index (χ0n) is 7.12. The lowest BCUT2D eigenvalue weighted by Crippen LogP contribution is -2.33. The minimum atomic E-state index is -0.159. The van der Waals surface area contributed by atoms with Crippen molar-refractivity contribution in [3.05, 3.63) is 23.2 Å². The highest BCUT2D eigenvalue weighted by molar-refractivity contribution is 6.30. The first-order valence-corrected chi connectivity index (χ1v) is 4.35. The molecule has 0 saturated carbocycles. The van der Waals surface area contributed by atoms with Crippen molar-refractivity contribution in [3.63, 3.8) is 0 Å². The lowest BCUT2D eigenvalue weighted by Gasteiger charge is -2.20. The van der Waals surface area contributed by atoms with E-state index in [1.54, 1.807) is 18.2 Å². The van der Waals surface area contributed by atoms with Crippen molar-refractivity contribution in [2.45, 2.75) is 13.0 Å². The predicted octanol–water partition coefficient (Wildman–Crippen LogP) is 2.11. The van der Waals surface area contributed by atoms with Crippen LogP contribution in [-0.2, 0) is 0 Å². The fraction of sp³-hybridized carbons (Fsp3) is 0.222. The van der Waals surface area contributed by atoms with Crippen LogP contribution in [0.2, 0.25) is 5.02 Å². The average Bonchev–Trinajstić information content (AvgIpc) is 2.08. The summed E-state index contributed by atoms with van der Waals surface area (Å²) in [5, 5.41) is 0.633. The van der Waals surface area contributed by atoms with Crippen molar-refractivity contribution in [2.24, 2.45) is 10.7 Å². The van der Waals surface area contributed by atoms with Gasteiger partial charge in [0.2, 0.25) is 0 Å². The standard InChI is InChI=1S/C9H9ClN2O/c1-5-9(11)12-7-4-6(10)2-3-8(7)13-5/h2-5H,1H3,(H2,11,12)/t5-/m0/s1. The summed E-state index contributed by atoms with van der Waals surface area (Å²) in [6.07, 6.45) is -0.159. The Labute approximate surface area is 81.2 Å². The molecule has 2 rings (SSSR count). The van der Waals surface area contributed by atoms with Crippen LogP contribution in [0.5, 0.6) is 5.75 Å². The molecule has 13 heavy (non-hydrogen) atoms. The van der Waals surface area contributed by atoms with Crippen LogP contribution in [0, 0.1) is 0 Å². The summed E-state index contributed by atoms with van der Waals surface area (Å²) in [6, 6.07) is 5.30. The summed E-state index contributed by atoms with van der Waals surface area (Å²) < 4.78 is 5.48. The number of halogens is 1. The van der Waals surface area contributed by atoms with Gasteiger partial charge in [0.15, 0.2) is 6.10 Å². The molecule has 0 amide bonds. The smallest absolute Gasteiger partial charge is 0.153 e. The quantitative estimate of drug-likeness (QED) is 0.691. The molecular formula is C9H9ClN2O. The van der Waals surface area contributed by atoms with E-state index in [9.17, 15) is 0 Å². The third kappa shape index (κ3) is 1.47. The highest BCUT2D eigenvalue weighted by atomic mass is 35.5. The van der Waals surface area contributed by atoms with E-state index in [4.69, 9.17) is 22.1 Å². The Morgan fingerprint density at radius 1 is 1.54 bits per heavy atom. The van der Waals surface area contributed by atoms with Crippen LogP contribution in [0.15, 0.2) is 23.2 Å². The van der Waals surface area contributed by atoms with Gasteiger partial charge in [0.25, 0.3) is 0 Å². The number of hydrogen-bond donors (Lipinski definition) is 1. The van der Waals surface area contributed by atoms with Crippen molar-refractivity contribution in [1.29, 1.82) is 0 Å². The Morgan fingerprint density at radius 2 is 2.31 bits per heavy atom. The number of amidine groups is 1. The lowest BCUT2D eigenvalue weighted by molar-refractivity contribution is 0.281. The summed E-state index contributed by atoms with van der Waals surface area (Å²) in [6.45, 7) is 1.86. The lowest BCUT2D eigenvalue weighted by atomic mass is 10.2. The third-order valence-corrected chi connectivity index (χ3v) is 2.13. The Bertz CT molecular complexity index is 376. The molecule has 0 aliphatic carbocycles. The molecule has 1 heterocycles. The first kappa shape index (κ1) is 8.38. The van der Waals surface area contributed by atoms with E-state index in [1.807, 2.05) is 6.92 Å². The van der Waals surface area contributed by atoms with Crippen LogP contribution < -0.4 is 10.5 Å². The molecule has 68 valence electrons. The molecule has 4 heteroatoms. The van der Waals surface area contributed by atoms with E-state index < -0.39 is 0 Å².